The Morgan fingerprint density at radius 2 is 1.74 bits per heavy atom. The Balaban J connectivity index is 1.80. The van der Waals surface area contributed by atoms with Crippen molar-refractivity contribution in [2.75, 3.05) is 27.2 Å². The van der Waals surface area contributed by atoms with Crippen molar-refractivity contribution in [3.63, 3.8) is 0 Å². The van der Waals surface area contributed by atoms with Crippen LogP contribution < -0.4 is 0 Å². The minimum Gasteiger partial charge on any atom is -0.345 e. The van der Waals surface area contributed by atoms with Crippen LogP contribution in [0.15, 0.2) is 47.1 Å². The van der Waals surface area contributed by atoms with Crippen molar-refractivity contribution >= 4 is 27.9 Å². The molecule has 0 N–H and O–H groups in total. The van der Waals surface area contributed by atoms with E-state index in [1.807, 2.05) is 4.90 Å². The van der Waals surface area contributed by atoms with Gasteiger partial charge in [0.05, 0.1) is 6.54 Å². The van der Waals surface area contributed by atoms with Gasteiger partial charge in [-0.25, -0.2) is 4.79 Å². The van der Waals surface area contributed by atoms with Gasteiger partial charge in [0, 0.05) is 49.6 Å². The molecule has 1 fully saturated rings. The minimum atomic E-state index is -0.107. The predicted octanol–water partition coefficient (Wildman–Crippen LogP) is 5.60. The van der Waals surface area contributed by atoms with Crippen LogP contribution in [-0.2, 0) is 17.9 Å². The molecule has 1 aromatic carbocycles. The van der Waals surface area contributed by atoms with Crippen molar-refractivity contribution in [1.29, 1.82) is 0 Å². The second kappa shape index (κ2) is 12.4. The van der Waals surface area contributed by atoms with E-state index in [4.69, 9.17) is 0 Å². The quantitative estimate of drug-likeness (QED) is 0.423. The lowest BCUT2D eigenvalue weighted by Gasteiger charge is -2.37. The Morgan fingerprint density at radius 1 is 1.06 bits per heavy atom. The lowest BCUT2D eigenvalue weighted by molar-refractivity contribution is -0.135. The predicted molar refractivity (Wildman–Crippen MR) is 141 cm³/mol. The highest BCUT2D eigenvalue weighted by atomic mass is 79.9. The van der Waals surface area contributed by atoms with Gasteiger partial charge in [0.2, 0.25) is 5.91 Å². The second-order valence-corrected chi connectivity index (χ2v) is 10.9. The van der Waals surface area contributed by atoms with Gasteiger partial charge in [-0.1, -0.05) is 61.2 Å². The molecule has 1 heterocycles. The number of halogens is 1. The number of benzene rings is 1. The summed E-state index contributed by atoms with van der Waals surface area (Å²) in [5.41, 5.74) is 2.34. The highest BCUT2D eigenvalue weighted by Crippen LogP contribution is 2.25. The summed E-state index contributed by atoms with van der Waals surface area (Å²) in [6.07, 6.45) is 7.69. The number of hydrogen-bond acceptors (Lipinski definition) is 2. The van der Waals surface area contributed by atoms with Crippen LogP contribution in [0.4, 0.5) is 4.79 Å². The number of hydrogen-bond donors (Lipinski definition) is 0. The summed E-state index contributed by atoms with van der Waals surface area (Å²) in [5, 5.41) is 0. The Bertz CT molecular complexity index is 932. The fourth-order valence-electron chi connectivity index (χ4n) is 4.71. The first-order valence-corrected chi connectivity index (χ1v) is 13.2. The molecule has 3 amide bonds. The summed E-state index contributed by atoms with van der Waals surface area (Å²) in [6, 6.07) is 12.6. The van der Waals surface area contributed by atoms with Gasteiger partial charge in [-0.15, -0.1) is 0 Å². The van der Waals surface area contributed by atoms with Crippen LogP contribution in [0.25, 0.3) is 0 Å². The van der Waals surface area contributed by atoms with Crippen molar-refractivity contribution in [2.45, 2.75) is 65.1 Å². The number of aromatic nitrogens is 1. The molecular formula is C27H39BrN4O2. The number of rotatable bonds is 9. The van der Waals surface area contributed by atoms with E-state index in [2.05, 4.69) is 76.9 Å². The smallest absolute Gasteiger partial charge is 0.319 e. The summed E-state index contributed by atoms with van der Waals surface area (Å²) in [6.45, 7) is 6.18. The van der Waals surface area contributed by atoms with Gasteiger partial charge in [-0.2, -0.15) is 0 Å². The van der Waals surface area contributed by atoms with Crippen molar-refractivity contribution < 1.29 is 9.59 Å². The van der Waals surface area contributed by atoms with E-state index in [9.17, 15) is 9.59 Å². The number of amides is 3. The number of urea groups is 1. The lowest BCUT2D eigenvalue weighted by Crippen LogP contribution is -2.50. The van der Waals surface area contributed by atoms with Gasteiger partial charge in [0.15, 0.2) is 0 Å². The van der Waals surface area contributed by atoms with Crippen LogP contribution >= 0.6 is 15.9 Å². The summed E-state index contributed by atoms with van der Waals surface area (Å²) in [5.74, 6) is 0.335. The maximum atomic E-state index is 13.7. The average Bonchev–Trinajstić information content (AvgIpc) is 3.24. The zero-order valence-corrected chi connectivity index (χ0v) is 22.6. The van der Waals surface area contributed by atoms with Gasteiger partial charge in [0.25, 0.3) is 0 Å². The van der Waals surface area contributed by atoms with Gasteiger partial charge >= 0.3 is 6.03 Å². The molecule has 1 aromatic heterocycles. The molecule has 3 rings (SSSR count). The molecule has 6 nitrogen and oxygen atoms in total. The summed E-state index contributed by atoms with van der Waals surface area (Å²) < 4.78 is 3.29. The molecule has 1 saturated carbocycles. The fourth-order valence-corrected chi connectivity index (χ4v) is 4.97. The molecule has 34 heavy (non-hydrogen) atoms. The molecule has 2 aromatic rings. The Labute approximate surface area is 213 Å². The molecule has 7 heteroatoms. The van der Waals surface area contributed by atoms with E-state index in [1.54, 1.807) is 23.9 Å². The monoisotopic (exact) mass is 530 g/mol. The summed E-state index contributed by atoms with van der Waals surface area (Å²) in [7, 11) is 3.49. The Kier molecular flexibility index (Phi) is 9.63. The Morgan fingerprint density at radius 3 is 2.35 bits per heavy atom. The van der Waals surface area contributed by atoms with Crippen molar-refractivity contribution in [1.82, 2.24) is 19.3 Å². The van der Waals surface area contributed by atoms with Crippen LogP contribution in [-0.4, -0.2) is 64.4 Å². The lowest BCUT2D eigenvalue weighted by atomic mass is 9.94. The highest BCUT2D eigenvalue weighted by Gasteiger charge is 2.29. The molecule has 0 aliphatic heterocycles. The van der Waals surface area contributed by atoms with Crippen LogP contribution in [0.2, 0.25) is 0 Å². The van der Waals surface area contributed by atoms with Gasteiger partial charge in [-0.3, -0.25) is 4.79 Å². The molecule has 1 aliphatic carbocycles. The van der Waals surface area contributed by atoms with E-state index < -0.39 is 0 Å². The Hall–Kier alpha value is -2.28. The fraction of sp³-hybridized carbons (Fsp3) is 0.556. The van der Waals surface area contributed by atoms with Crippen molar-refractivity contribution in [2.24, 2.45) is 5.92 Å². The van der Waals surface area contributed by atoms with E-state index in [1.165, 1.54) is 12.0 Å². The third-order valence-electron chi connectivity index (χ3n) is 6.42. The maximum Gasteiger partial charge on any atom is 0.319 e. The van der Waals surface area contributed by atoms with Crippen molar-refractivity contribution in [3.8, 4) is 0 Å². The van der Waals surface area contributed by atoms with Gasteiger partial charge in [0.1, 0.15) is 6.54 Å². The third kappa shape index (κ3) is 7.36. The number of carbonyl (C=O) groups is 2. The summed E-state index contributed by atoms with van der Waals surface area (Å²) >= 11 is 3.50. The highest BCUT2D eigenvalue weighted by molar-refractivity contribution is 9.10. The van der Waals surface area contributed by atoms with E-state index in [-0.39, 0.29) is 24.5 Å². The SMILES string of the molecule is CC(C)CN(CC(=O)N(Cc1cccn1Cc1ccc(Br)cc1)C1CCCCC1)C(=O)N(C)C. The third-order valence-corrected chi connectivity index (χ3v) is 6.95. The molecule has 0 unspecified atom stereocenters. The largest absolute Gasteiger partial charge is 0.345 e. The molecule has 0 bridgehead atoms. The van der Waals surface area contributed by atoms with Crippen LogP contribution in [0.3, 0.4) is 0 Å². The first-order chi connectivity index (χ1) is 16.2. The molecule has 0 atom stereocenters. The van der Waals surface area contributed by atoms with Gasteiger partial charge < -0.3 is 19.3 Å². The van der Waals surface area contributed by atoms with Crippen LogP contribution in [0.1, 0.15) is 57.2 Å². The molecule has 186 valence electrons. The molecule has 0 saturated heterocycles. The van der Waals surface area contributed by atoms with Crippen molar-refractivity contribution in [3.05, 3.63) is 58.3 Å². The van der Waals surface area contributed by atoms with E-state index in [0.29, 0.717) is 19.0 Å². The van der Waals surface area contributed by atoms with Gasteiger partial charge in [-0.05, 0) is 48.6 Å². The number of carbonyl (C=O) groups excluding carboxylic acids is 2. The average molecular weight is 532 g/mol. The molecule has 1 aliphatic rings. The molecule has 0 spiro atoms. The zero-order valence-electron chi connectivity index (χ0n) is 21.0. The summed E-state index contributed by atoms with van der Waals surface area (Å²) in [4.78, 5) is 31.8. The maximum absolute atomic E-state index is 13.7. The zero-order chi connectivity index (χ0) is 24.7. The van der Waals surface area contributed by atoms with E-state index in [0.717, 1.165) is 42.4 Å². The standard InChI is InChI=1S/C27H39BrN4O2/c1-21(2)17-31(27(34)29(3)4)20-26(33)32(24-9-6-5-7-10-24)19-25-11-8-16-30(25)18-22-12-14-23(28)15-13-22/h8,11-16,21,24H,5-7,9-10,17-20H2,1-4H3. The first kappa shape index (κ1) is 26.3. The van der Waals surface area contributed by atoms with Crippen LogP contribution in [0, 0.1) is 5.92 Å². The van der Waals surface area contributed by atoms with Crippen LogP contribution in [0.5, 0.6) is 0 Å². The molecular weight excluding hydrogens is 492 g/mol. The van der Waals surface area contributed by atoms with E-state index >= 15 is 0 Å². The number of nitrogens with zero attached hydrogens (tertiary/aromatic N) is 4. The second-order valence-electron chi connectivity index (χ2n) is 10.0. The molecule has 0 radical (unpaired) electrons. The normalized spacial score (nSPS) is 14.3. The topological polar surface area (TPSA) is 48.8 Å². The minimum absolute atomic E-state index is 0.0409. The first-order valence-electron chi connectivity index (χ1n) is 12.4.